The smallest absolute Gasteiger partial charge is 0.313 e. The maximum absolute atomic E-state index is 11.9. The number of fused-ring (bicyclic) bond motifs is 1. The molecule has 6 nitrogen and oxygen atoms in total. The summed E-state index contributed by atoms with van der Waals surface area (Å²) in [7, 11) is 0. The third-order valence-electron chi connectivity index (χ3n) is 3.35. The van der Waals surface area contributed by atoms with Crippen LogP contribution >= 0.6 is 11.6 Å². The number of carbonyl (C=O) groups is 2. The lowest BCUT2D eigenvalue weighted by atomic mass is 10.2. The van der Waals surface area contributed by atoms with E-state index in [9.17, 15) is 9.59 Å². The van der Waals surface area contributed by atoms with Gasteiger partial charge in [0.15, 0.2) is 11.5 Å². The minimum absolute atomic E-state index is 0.163. The van der Waals surface area contributed by atoms with Gasteiger partial charge in [0.25, 0.3) is 0 Å². The molecule has 124 valence electrons. The molecule has 3 rings (SSSR count). The van der Waals surface area contributed by atoms with Gasteiger partial charge in [-0.3, -0.25) is 9.59 Å². The van der Waals surface area contributed by atoms with Crippen LogP contribution < -0.4 is 20.1 Å². The van der Waals surface area contributed by atoms with Crippen LogP contribution in [-0.4, -0.2) is 31.1 Å². The van der Waals surface area contributed by atoms with Crippen LogP contribution in [0.5, 0.6) is 11.5 Å². The molecule has 0 aromatic heterocycles. The van der Waals surface area contributed by atoms with Crippen molar-refractivity contribution in [3.8, 4) is 11.5 Å². The summed E-state index contributed by atoms with van der Waals surface area (Å²) in [6, 6.07) is 13.8. The number of amides is 2. The van der Waals surface area contributed by atoms with Crippen molar-refractivity contribution in [3.63, 3.8) is 0 Å². The van der Waals surface area contributed by atoms with Gasteiger partial charge < -0.3 is 20.1 Å². The molecule has 0 bridgehead atoms. The Morgan fingerprint density at radius 3 is 2.67 bits per heavy atom. The number of nitrogens with one attached hydrogen (secondary N) is 2. The van der Waals surface area contributed by atoms with E-state index in [1.165, 1.54) is 0 Å². The minimum Gasteiger partial charge on any atom is -0.486 e. The first kappa shape index (κ1) is 16.1. The van der Waals surface area contributed by atoms with Crippen LogP contribution in [0.4, 0.5) is 5.69 Å². The highest BCUT2D eigenvalue weighted by Gasteiger charge is 2.22. The van der Waals surface area contributed by atoms with Gasteiger partial charge in [-0.2, -0.15) is 0 Å². The number of para-hydroxylation sites is 2. The number of hydrogen-bond donors (Lipinski definition) is 2. The Bertz CT molecular complexity index is 766. The molecule has 7 heteroatoms. The number of halogens is 1. The van der Waals surface area contributed by atoms with Gasteiger partial charge in [0.1, 0.15) is 12.7 Å². The predicted molar refractivity (Wildman–Crippen MR) is 89.4 cm³/mol. The maximum Gasteiger partial charge on any atom is 0.313 e. The van der Waals surface area contributed by atoms with Gasteiger partial charge in [0.2, 0.25) is 0 Å². The molecule has 1 aliphatic heterocycles. The molecule has 0 aliphatic carbocycles. The fourth-order valence-corrected chi connectivity index (χ4v) is 2.39. The molecule has 1 atom stereocenters. The first-order valence-corrected chi connectivity index (χ1v) is 7.73. The highest BCUT2D eigenvalue weighted by Crippen LogP contribution is 2.30. The van der Waals surface area contributed by atoms with Crippen LogP contribution in [0.1, 0.15) is 0 Å². The monoisotopic (exact) mass is 346 g/mol. The lowest BCUT2D eigenvalue weighted by molar-refractivity contribution is -0.136. The lowest BCUT2D eigenvalue weighted by Gasteiger charge is -2.26. The Hall–Kier alpha value is -2.73. The van der Waals surface area contributed by atoms with Gasteiger partial charge in [0.05, 0.1) is 6.54 Å². The van der Waals surface area contributed by atoms with Crippen molar-refractivity contribution in [2.75, 3.05) is 18.5 Å². The summed E-state index contributed by atoms with van der Waals surface area (Å²) in [6.45, 7) is 0.462. The Morgan fingerprint density at radius 1 is 1.08 bits per heavy atom. The Balaban J connectivity index is 1.50. The SMILES string of the molecule is O=C(NCC1COc2ccccc2O1)C(=O)Nc1cccc(Cl)c1. The van der Waals surface area contributed by atoms with Crippen LogP contribution in [0.15, 0.2) is 48.5 Å². The van der Waals surface area contributed by atoms with E-state index in [1.807, 2.05) is 18.2 Å². The molecule has 1 heterocycles. The molecule has 2 aromatic rings. The summed E-state index contributed by atoms with van der Waals surface area (Å²) in [4.78, 5) is 23.7. The van der Waals surface area contributed by atoms with E-state index in [0.717, 1.165) is 0 Å². The van der Waals surface area contributed by atoms with Crippen molar-refractivity contribution in [2.24, 2.45) is 0 Å². The summed E-state index contributed by atoms with van der Waals surface area (Å²) in [6.07, 6.45) is -0.359. The molecule has 1 unspecified atom stereocenters. The van der Waals surface area contributed by atoms with Gasteiger partial charge >= 0.3 is 11.8 Å². The van der Waals surface area contributed by atoms with E-state index in [1.54, 1.807) is 30.3 Å². The van der Waals surface area contributed by atoms with E-state index in [-0.39, 0.29) is 12.6 Å². The van der Waals surface area contributed by atoms with E-state index in [4.69, 9.17) is 21.1 Å². The molecule has 24 heavy (non-hydrogen) atoms. The van der Waals surface area contributed by atoms with Gasteiger partial charge in [-0.05, 0) is 30.3 Å². The van der Waals surface area contributed by atoms with E-state index in [0.29, 0.717) is 28.8 Å². The number of rotatable bonds is 3. The molecule has 0 saturated carbocycles. The average Bonchev–Trinajstić information content (AvgIpc) is 2.59. The average molecular weight is 347 g/mol. The van der Waals surface area contributed by atoms with Crippen molar-refractivity contribution < 1.29 is 19.1 Å². The molecular weight excluding hydrogens is 332 g/mol. The van der Waals surface area contributed by atoms with Crippen LogP contribution in [0.2, 0.25) is 5.02 Å². The van der Waals surface area contributed by atoms with E-state index < -0.39 is 11.8 Å². The minimum atomic E-state index is -0.769. The van der Waals surface area contributed by atoms with Crippen molar-refractivity contribution in [1.82, 2.24) is 5.32 Å². The second kappa shape index (κ2) is 7.23. The zero-order chi connectivity index (χ0) is 16.9. The lowest BCUT2D eigenvalue weighted by Crippen LogP contribution is -2.44. The van der Waals surface area contributed by atoms with Crippen molar-refractivity contribution in [3.05, 3.63) is 53.6 Å². The van der Waals surface area contributed by atoms with Gasteiger partial charge in [0, 0.05) is 10.7 Å². The second-order valence-electron chi connectivity index (χ2n) is 5.17. The van der Waals surface area contributed by atoms with Gasteiger partial charge in [-0.1, -0.05) is 29.8 Å². The summed E-state index contributed by atoms with van der Waals surface area (Å²) < 4.78 is 11.3. The first-order valence-electron chi connectivity index (χ1n) is 7.35. The van der Waals surface area contributed by atoms with E-state index >= 15 is 0 Å². The standard InChI is InChI=1S/C17H15ClN2O4/c18-11-4-3-5-12(8-11)20-17(22)16(21)19-9-13-10-23-14-6-1-2-7-15(14)24-13/h1-8,13H,9-10H2,(H,19,21)(H,20,22). The quantitative estimate of drug-likeness (QED) is 0.836. The van der Waals surface area contributed by atoms with Crippen molar-refractivity contribution >= 4 is 29.1 Å². The largest absolute Gasteiger partial charge is 0.486 e. The molecule has 0 fully saturated rings. The molecule has 2 aromatic carbocycles. The molecule has 0 radical (unpaired) electrons. The molecule has 2 N–H and O–H groups in total. The highest BCUT2D eigenvalue weighted by molar-refractivity contribution is 6.39. The molecule has 0 saturated heterocycles. The Labute approximate surface area is 143 Å². The third-order valence-corrected chi connectivity index (χ3v) is 3.58. The first-order chi connectivity index (χ1) is 11.6. The fourth-order valence-electron chi connectivity index (χ4n) is 2.20. The Morgan fingerprint density at radius 2 is 1.88 bits per heavy atom. The summed E-state index contributed by atoms with van der Waals surface area (Å²) in [5.74, 6) is -0.239. The normalized spacial score (nSPS) is 15.5. The summed E-state index contributed by atoms with van der Waals surface area (Å²) in [5, 5.41) is 5.48. The highest BCUT2D eigenvalue weighted by atomic mass is 35.5. The molecule has 2 amide bonds. The second-order valence-corrected chi connectivity index (χ2v) is 5.61. The van der Waals surface area contributed by atoms with Crippen LogP contribution in [0.3, 0.4) is 0 Å². The topological polar surface area (TPSA) is 76.7 Å². The van der Waals surface area contributed by atoms with Crippen LogP contribution in [0.25, 0.3) is 0 Å². The Kier molecular flexibility index (Phi) is 4.86. The van der Waals surface area contributed by atoms with Gasteiger partial charge in [-0.15, -0.1) is 0 Å². The molecule has 1 aliphatic rings. The van der Waals surface area contributed by atoms with Crippen molar-refractivity contribution in [2.45, 2.75) is 6.10 Å². The van der Waals surface area contributed by atoms with E-state index in [2.05, 4.69) is 10.6 Å². The number of hydrogen-bond acceptors (Lipinski definition) is 4. The van der Waals surface area contributed by atoms with Crippen LogP contribution in [-0.2, 0) is 9.59 Å². The number of anilines is 1. The number of benzene rings is 2. The predicted octanol–water partition coefficient (Wildman–Crippen LogP) is 2.23. The fraction of sp³-hybridized carbons (Fsp3) is 0.176. The summed E-state index contributed by atoms with van der Waals surface area (Å²) >= 11 is 5.83. The maximum atomic E-state index is 11.9. The molecular formula is C17H15ClN2O4. The zero-order valence-electron chi connectivity index (χ0n) is 12.6. The number of carbonyl (C=O) groups excluding carboxylic acids is 2. The van der Waals surface area contributed by atoms with Crippen molar-refractivity contribution in [1.29, 1.82) is 0 Å². The van der Waals surface area contributed by atoms with Gasteiger partial charge in [-0.25, -0.2) is 0 Å². The zero-order valence-corrected chi connectivity index (χ0v) is 13.4. The molecule has 0 spiro atoms. The third kappa shape index (κ3) is 3.97. The number of ether oxygens (including phenoxy) is 2. The summed E-state index contributed by atoms with van der Waals surface area (Å²) in [5.41, 5.74) is 0.453. The van der Waals surface area contributed by atoms with Crippen LogP contribution in [0, 0.1) is 0 Å².